The minimum absolute atomic E-state index is 0.0502. The maximum Gasteiger partial charge on any atom is 0.514 e. The van der Waals surface area contributed by atoms with Crippen molar-refractivity contribution in [2.45, 2.75) is 330 Å². The van der Waals surface area contributed by atoms with Gasteiger partial charge in [-0.1, -0.05) is 159 Å². The van der Waals surface area contributed by atoms with Crippen LogP contribution in [-0.4, -0.2) is 92.8 Å². The quantitative estimate of drug-likeness (QED) is 0.0178. The summed E-state index contributed by atoms with van der Waals surface area (Å²) in [6, 6.07) is 6.27. The molecule has 0 bridgehead atoms. The lowest BCUT2D eigenvalue weighted by atomic mass is 9.74. The molecule has 0 saturated carbocycles. The largest absolute Gasteiger partial charge is 0.514 e. The molecule has 0 radical (unpaired) electrons. The summed E-state index contributed by atoms with van der Waals surface area (Å²) in [6.07, 6.45) is -0.754. The first-order valence-electron chi connectivity index (χ1n) is 38.5. The SMILES string of the molecule is C=C(C)C(=O)OCCCOc1c(Cc2c(C)c(Cc3cc(C(C)(C)C)c(OC(=O)OC(C)(C)C)c(C(C)(C)C)c3OCCCOC(=O)C(C)C)c(C)c(Cc3cc(C(C)(C)C)c(OC(=O)OC(C)(C)C)c(C(C)(C)C)c3OCCCOC(=O)C(C)C)c2C)cc(C(C)(C)C)c(OC(=O)OC(C)(C)C)c1C(C)(C)C. The van der Waals surface area contributed by atoms with Crippen molar-refractivity contribution in [3.8, 4) is 34.5 Å². The van der Waals surface area contributed by atoms with Crippen LogP contribution < -0.4 is 28.4 Å². The van der Waals surface area contributed by atoms with Crippen LogP contribution >= 0.6 is 0 Å². The maximum absolute atomic E-state index is 14.2. The van der Waals surface area contributed by atoms with Crippen molar-refractivity contribution >= 4 is 36.4 Å². The van der Waals surface area contributed by atoms with Crippen LogP contribution in [0.2, 0.25) is 0 Å². The Morgan fingerprint density at radius 2 is 0.574 bits per heavy atom. The Labute approximate surface area is 648 Å². The molecule has 0 fully saturated rings. The van der Waals surface area contributed by atoms with Crippen molar-refractivity contribution in [1.82, 2.24) is 0 Å². The van der Waals surface area contributed by atoms with E-state index in [0.717, 1.165) is 66.8 Å². The fourth-order valence-corrected chi connectivity index (χ4v) is 12.5. The molecule has 0 aliphatic heterocycles. The number of hydrogen-bond acceptors (Lipinski definition) is 18. The highest BCUT2D eigenvalue weighted by molar-refractivity contribution is 5.87. The molecule has 0 heterocycles. The highest BCUT2D eigenvalue weighted by atomic mass is 16.7. The van der Waals surface area contributed by atoms with Gasteiger partial charge in [0.25, 0.3) is 0 Å². The van der Waals surface area contributed by atoms with E-state index >= 15 is 0 Å². The fraction of sp³-hybridized carbons (Fsp3) is 0.644. The highest BCUT2D eigenvalue weighted by Gasteiger charge is 2.40. The van der Waals surface area contributed by atoms with Crippen LogP contribution in [-0.2, 0) is 94.6 Å². The second-order valence-electron chi connectivity index (χ2n) is 38.6. The molecule has 0 unspecified atom stereocenters. The van der Waals surface area contributed by atoms with Crippen LogP contribution in [0.15, 0.2) is 30.4 Å². The standard InChI is InChI=1S/C90H136O18/c1-52(2)76(91)100-43-37-40-97-70-58(49-64(82(10,11)12)73(67(70)85(19,20)21)103-79(94)106-88(28,29)30)46-61-55(7)62(47-59-50-65(83(13,14)15)74(104-80(95)107-89(31,32)33)68(86(22,23)24)71(59)98-41-38-44-101-77(92)53(3)4)57(9)63(56(61)8)48-60-51-66(84(16,17)18)75(105-81(96)108-90(34,35)36)69(87(25,26)27)72(60)99-42-39-45-102-78(93)54(5)6/h49-51,53-54H,1,37-48H2,2-36H3. The molecular weight excluding hydrogens is 1370 g/mol. The number of benzene rings is 4. The van der Waals surface area contributed by atoms with Gasteiger partial charge in [0.2, 0.25) is 0 Å². The van der Waals surface area contributed by atoms with E-state index in [1.807, 2.05) is 0 Å². The summed E-state index contributed by atoms with van der Waals surface area (Å²) >= 11 is 0. The third-order valence-electron chi connectivity index (χ3n) is 17.8. The molecule has 0 aliphatic rings. The van der Waals surface area contributed by atoms with Crippen LogP contribution in [0.1, 0.15) is 324 Å². The molecule has 4 aromatic rings. The number of rotatable bonds is 27. The van der Waals surface area contributed by atoms with Crippen molar-refractivity contribution in [2.24, 2.45) is 11.8 Å². The van der Waals surface area contributed by atoms with E-state index in [1.165, 1.54) is 0 Å². The van der Waals surface area contributed by atoms with Gasteiger partial charge < -0.3 is 56.8 Å². The van der Waals surface area contributed by atoms with E-state index < -0.39 is 73.7 Å². The van der Waals surface area contributed by atoms with Crippen LogP contribution in [0.5, 0.6) is 34.5 Å². The van der Waals surface area contributed by atoms with Crippen LogP contribution in [0.4, 0.5) is 14.4 Å². The van der Waals surface area contributed by atoms with E-state index in [-0.39, 0.29) is 88.3 Å². The first kappa shape index (κ1) is 92.6. The lowest BCUT2D eigenvalue weighted by molar-refractivity contribution is -0.148. The summed E-state index contributed by atoms with van der Waals surface area (Å²) < 4.78 is 75.6. The zero-order valence-corrected chi connectivity index (χ0v) is 72.9. The predicted molar refractivity (Wildman–Crippen MR) is 429 cm³/mol. The van der Waals surface area contributed by atoms with Crippen LogP contribution in [0.25, 0.3) is 0 Å². The van der Waals surface area contributed by atoms with Crippen molar-refractivity contribution in [3.05, 3.63) is 114 Å². The molecule has 0 N–H and O–H groups in total. The Bertz CT molecular complexity index is 3710. The van der Waals surface area contributed by atoms with E-state index in [2.05, 4.69) is 170 Å². The monoisotopic (exact) mass is 1500 g/mol. The number of hydrogen-bond donors (Lipinski definition) is 0. The average Bonchev–Trinajstić information content (AvgIpc) is 0.748. The topological polar surface area (TPSA) is 213 Å². The van der Waals surface area contributed by atoms with E-state index in [1.54, 1.807) is 96.9 Å². The lowest BCUT2D eigenvalue weighted by Crippen LogP contribution is -2.29. The third-order valence-corrected chi connectivity index (χ3v) is 17.8. The molecule has 0 amide bonds. The van der Waals surface area contributed by atoms with Gasteiger partial charge in [-0.15, -0.1) is 0 Å². The molecule has 0 saturated heterocycles. The Kier molecular flexibility index (Phi) is 30.8. The smallest absolute Gasteiger partial charge is 0.493 e. The molecular formula is C90H136O18. The Hall–Kier alpha value is -7.76. The molecule has 0 spiro atoms. The predicted octanol–water partition coefficient (Wildman–Crippen LogP) is 21.9. The Morgan fingerprint density at radius 3 is 0.769 bits per heavy atom. The van der Waals surface area contributed by atoms with Gasteiger partial charge in [-0.2, -0.15) is 0 Å². The molecule has 0 atom stereocenters. The third kappa shape index (κ3) is 26.5. The summed E-state index contributed by atoms with van der Waals surface area (Å²) in [5.41, 5.74) is 5.79. The maximum atomic E-state index is 14.2. The minimum atomic E-state index is -0.887. The molecule has 0 aromatic heterocycles. The van der Waals surface area contributed by atoms with Crippen molar-refractivity contribution in [1.29, 1.82) is 0 Å². The summed E-state index contributed by atoms with van der Waals surface area (Å²) in [7, 11) is 0. The fourth-order valence-electron chi connectivity index (χ4n) is 12.5. The number of carbonyl (C=O) groups excluding carboxylic acids is 6. The number of esters is 3. The van der Waals surface area contributed by atoms with Gasteiger partial charge in [-0.3, -0.25) is 9.59 Å². The second kappa shape index (κ2) is 35.9. The zero-order chi connectivity index (χ0) is 82.9. The average molecular weight is 1510 g/mol. The van der Waals surface area contributed by atoms with Gasteiger partial charge in [0.15, 0.2) is 0 Å². The number of ether oxygens (including phenoxy) is 12. The van der Waals surface area contributed by atoms with Gasteiger partial charge >= 0.3 is 36.4 Å². The molecule has 18 heteroatoms. The van der Waals surface area contributed by atoms with Gasteiger partial charge in [-0.05, 0) is 191 Å². The van der Waals surface area contributed by atoms with Gasteiger partial charge in [-0.25, -0.2) is 19.2 Å². The summed E-state index contributed by atoms with van der Waals surface area (Å²) in [4.78, 5) is 81.0. The van der Waals surface area contributed by atoms with Crippen molar-refractivity contribution in [3.63, 3.8) is 0 Å². The van der Waals surface area contributed by atoms with E-state index in [9.17, 15) is 28.8 Å². The number of carbonyl (C=O) groups is 6. The first-order valence-corrected chi connectivity index (χ1v) is 38.5. The second-order valence-corrected chi connectivity index (χ2v) is 38.6. The van der Waals surface area contributed by atoms with Crippen LogP contribution in [0, 0.1) is 32.6 Å². The Morgan fingerprint density at radius 1 is 0.343 bits per heavy atom. The van der Waals surface area contributed by atoms with Gasteiger partial charge in [0, 0.05) is 77.5 Å². The molecule has 0 aliphatic carbocycles. The summed E-state index contributed by atoms with van der Waals surface area (Å²) in [5, 5.41) is 0. The van der Waals surface area contributed by atoms with E-state index in [0.29, 0.717) is 70.4 Å². The van der Waals surface area contributed by atoms with Crippen molar-refractivity contribution in [2.75, 3.05) is 39.6 Å². The summed E-state index contributed by atoms with van der Waals surface area (Å²) in [5.74, 6) is 0.649. The molecule has 108 heavy (non-hydrogen) atoms. The zero-order valence-electron chi connectivity index (χ0n) is 72.9. The van der Waals surface area contributed by atoms with E-state index in [4.69, 9.17) is 56.8 Å². The molecule has 604 valence electrons. The molecule has 18 nitrogen and oxygen atoms in total. The molecule has 4 aromatic carbocycles. The summed E-state index contributed by atoms with van der Waals surface area (Å²) in [6.45, 7) is 73.0. The minimum Gasteiger partial charge on any atom is -0.493 e. The lowest BCUT2D eigenvalue weighted by Gasteiger charge is -2.34. The first-order chi connectivity index (χ1) is 49.0. The van der Waals surface area contributed by atoms with Gasteiger partial charge in [0.05, 0.1) is 51.5 Å². The van der Waals surface area contributed by atoms with Crippen LogP contribution in [0.3, 0.4) is 0 Å². The van der Waals surface area contributed by atoms with Crippen molar-refractivity contribution < 1.29 is 85.6 Å². The Balaban J connectivity index is 2.48. The molecule has 4 rings (SSSR count). The highest BCUT2D eigenvalue weighted by Crippen LogP contribution is 2.53. The normalized spacial score (nSPS) is 12.7. The van der Waals surface area contributed by atoms with Gasteiger partial charge in [0.1, 0.15) is 51.3 Å².